The van der Waals surface area contributed by atoms with Crippen LogP contribution in [0, 0.1) is 0 Å². The van der Waals surface area contributed by atoms with Crippen LogP contribution in [0.3, 0.4) is 0 Å². The highest BCUT2D eigenvalue weighted by Crippen LogP contribution is 1.92. The Morgan fingerprint density at radius 3 is 2.58 bits per heavy atom. The molecular formula is C5H12ClNO4S. The minimum atomic E-state index is -3.48. The van der Waals surface area contributed by atoms with Crippen LogP contribution in [-0.2, 0) is 14.8 Å². The third-order valence-corrected chi connectivity index (χ3v) is 2.92. The van der Waals surface area contributed by atoms with Gasteiger partial charge in [0, 0.05) is 7.11 Å². The maximum absolute atomic E-state index is 10.8. The molecular weight excluding hydrogens is 206 g/mol. The molecule has 0 aromatic heterocycles. The molecule has 0 fully saturated rings. The van der Waals surface area contributed by atoms with E-state index in [0.29, 0.717) is 0 Å². The van der Waals surface area contributed by atoms with Gasteiger partial charge in [-0.2, -0.15) is 0 Å². The number of ether oxygens (including phenoxy) is 1. The number of alkyl halides is 1. The molecule has 0 amide bonds. The number of rotatable bonds is 6. The van der Waals surface area contributed by atoms with Crippen LogP contribution < -0.4 is 4.72 Å². The summed E-state index contributed by atoms with van der Waals surface area (Å²) in [5.41, 5.74) is 0. The van der Waals surface area contributed by atoms with Crippen molar-refractivity contribution in [2.45, 2.75) is 6.04 Å². The van der Waals surface area contributed by atoms with Crippen LogP contribution in [0.15, 0.2) is 0 Å². The molecule has 0 aromatic carbocycles. The van der Waals surface area contributed by atoms with E-state index in [1.165, 1.54) is 7.11 Å². The maximum atomic E-state index is 10.8. The van der Waals surface area contributed by atoms with Gasteiger partial charge in [-0.15, -0.1) is 11.6 Å². The molecule has 1 atom stereocenters. The lowest BCUT2D eigenvalue weighted by Crippen LogP contribution is -2.40. The van der Waals surface area contributed by atoms with Crippen molar-refractivity contribution in [3.63, 3.8) is 0 Å². The summed E-state index contributed by atoms with van der Waals surface area (Å²) in [6, 6.07) is -0.626. The number of nitrogens with one attached hydrogen (secondary N) is 1. The number of aliphatic hydroxyl groups excluding tert-OH is 1. The van der Waals surface area contributed by atoms with Crippen LogP contribution in [0.1, 0.15) is 0 Å². The zero-order chi connectivity index (χ0) is 9.61. The van der Waals surface area contributed by atoms with Crippen LogP contribution in [-0.4, -0.2) is 45.1 Å². The molecule has 0 aliphatic carbocycles. The largest absolute Gasteiger partial charge is 0.395 e. The quantitative estimate of drug-likeness (QED) is 0.566. The van der Waals surface area contributed by atoms with E-state index in [2.05, 4.69) is 9.46 Å². The summed E-state index contributed by atoms with van der Waals surface area (Å²) in [5, 5.41) is 8.15. The smallest absolute Gasteiger partial charge is 0.226 e. The molecule has 0 bridgehead atoms. The third kappa shape index (κ3) is 4.89. The Labute approximate surface area is 76.7 Å². The van der Waals surface area contributed by atoms with Crippen molar-refractivity contribution in [1.82, 2.24) is 4.72 Å². The number of halogens is 1. The van der Waals surface area contributed by atoms with Gasteiger partial charge in [-0.3, -0.25) is 0 Å². The van der Waals surface area contributed by atoms with Gasteiger partial charge in [0.1, 0.15) is 5.21 Å². The normalized spacial score (nSPS) is 14.6. The molecule has 0 saturated carbocycles. The highest BCUT2D eigenvalue weighted by molar-refractivity contribution is 7.90. The molecule has 2 N–H and O–H groups in total. The zero-order valence-electron chi connectivity index (χ0n) is 6.66. The van der Waals surface area contributed by atoms with Crippen LogP contribution in [0.4, 0.5) is 0 Å². The SMILES string of the molecule is COCC(CO)NS(=O)(=O)CCl. The van der Waals surface area contributed by atoms with E-state index in [-0.39, 0.29) is 13.2 Å². The Kier molecular flexibility index (Phi) is 5.77. The van der Waals surface area contributed by atoms with Gasteiger partial charge in [-0.1, -0.05) is 0 Å². The lowest BCUT2D eigenvalue weighted by atomic mass is 10.4. The minimum absolute atomic E-state index is 0.118. The highest BCUT2D eigenvalue weighted by Gasteiger charge is 2.15. The lowest BCUT2D eigenvalue weighted by molar-refractivity contribution is 0.139. The Bertz CT molecular complexity index is 205. The Hall–Kier alpha value is 0.120. The van der Waals surface area contributed by atoms with Gasteiger partial charge < -0.3 is 9.84 Å². The molecule has 0 rings (SSSR count). The fraction of sp³-hybridized carbons (Fsp3) is 1.00. The van der Waals surface area contributed by atoms with Crippen LogP contribution >= 0.6 is 11.6 Å². The van der Waals surface area contributed by atoms with Crippen molar-refractivity contribution in [2.75, 3.05) is 25.5 Å². The number of aliphatic hydroxyl groups is 1. The van der Waals surface area contributed by atoms with E-state index in [4.69, 9.17) is 16.7 Å². The lowest BCUT2D eigenvalue weighted by Gasteiger charge is -2.13. The summed E-state index contributed by atoms with van der Waals surface area (Å²) >= 11 is 5.12. The van der Waals surface area contributed by atoms with E-state index in [9.17, 15) is 8.42 Å². The summed E-state index contributed by atoms with van der Waals surface area (Å²) in [6.45, 7) is -0.198. The number of sulfonamides is 1. The molecule has 0 spiro atoms. The predicted molar refractivity (Wildman–Crippen MR) is 45.5 cm³/mol. The summed E-state index contributed by atoms with van der Waals surface area (Å²) < 4.78 is 28.5. The van der Waals surface area contributed by atoms with Crippen LogP contribution in [0.25, 0.3) is 0 Å². The Morgan fingerprint density at radius 2 is 2.25 bits per heavy atom. The van der Waals surface area contributed by atoms with Gasteiger partial charge in [-0.25, -0.2) is 13.1 Å². The van der Waals surface area contributed by atoms with Gasteiger partial charge in [0.25, 0.3) is 0 Å². The molecule has 7 heteroatoms. The predicted octanol–water partition coefficient (Wildman–Crippen LogP) is -0.891. The van der Waals surface area contributed by atoms with E-state index in [1.807, 2.05) is 0 Å². The summed E-state index contributed by atoms with van der Waals surface area (Å²) in [5.74, 6) is 0. The second kappa shape index (κ2) is 5.71. The molecule has 0 aliphatic heterocycles. The molecule has 12 heavy (non-hydrogen) atoms. The van der Waals surface area contributed by atoms with Gasteiger partial charge in [-0.05, 0) is 0 Å². The van der Waals surface area contributed by atoms with Crippen molar-refractivity contribution < 1.29 is 18.3 Å². The van der Waals surface area contributed by atoms with Crippen molar-refractivity contribution in [2.24, 2.45) is 0 Å². The van der Waals surface area contributed by atoms with E-state index >= 15 is 0 Å². The highest BCUT2D eigenvalue weighted by atomic mass is 35.5. The zero-order valence-corrected chi connectivity index (χ0v) is 8.23. The van der Waals surface area contributed by atoms with Crippen molar-refractivity contribution in [1.29, 1.82) is 0 Å². The average Bonchev–Trinajstić information content (AvgIpc) is 2.03. The Balaban J connectivity index is 4.02. The fourth-order valence-electron chi connectivity index (χ4n) is 0.611. The second-order valence-corrected chi connectivity index (χ2v) is 4.51. The Morgan fingerprint density at radius 1 is 1.67 bits per heavy atom. The third-order valence-electron chi connectivity index (χ3n) is 1.08. The summed E-state index contributed by atoms with van der Waals surface area (Å²) in [7, 11) is -2.06. The second-order valence-electron chi connectivity index (χ2n) is 2.18. The first-order valence-corrected chi connectivity index (χ1v) is 5.40. The molecule has 0 saturated heterocycles. The van der Waals surface area contributed by atoms with Gasteiger partial charge in [0.15, 0.2) is 0 Å². The fourth-order valence-corrected chi connectivity index (χ4v) is 1.51. The number of hydrogen-bond acceptors (Lipinski definition) is 4. The van der Waals surface area contributed by atoms with E-state index < -0.39 is 21.3 Å². The molecule has 0 aromatic rings. The molecule has 1 unspecified atom stereocenters. The van der Waals surface area contributed by atoms with E-state index in [0.717, 1.165) is 0 Å². The van der Waals surface area contributed by atoms with Crippen LogP contribution in [0.5, 0.6) is 0 Å². The maximum Gasteiger partial charge on any atom is 0.226 e. The van der Waals surface area contributed by atoms with Crippen molar-refractivity contribution >= 4 is 21.6 Å². The first kappa shape index (κ1) is 12.1. The van der Waals surface area contributed by atoms with Crippen LogP contribution in [0.2, 0.25) is 0 Å². The average molecular weight is 218 g/mol. The van der Waals surface area contributed by atoms with Gasteiger partial charge in [0.2, 0.25) is 10.0 Å². The monoisotopic (exact) mass is 217 g/mol. The number of hydrogen-bond donors (Lipinski definition) is 2. The van der Waals surface area contributed by atoms with Gasteiger partial charge >= 0.3 is 0 Å². The molecule has 5 nitrogen and oxygen atoms in total. The topological polar surface area (TPSA) is 75.6 Å². The standard InChI is InChI=1S/C5H12ClNO4S/c1-11-3-5(2-8)7-12(9,10)4-6/h5,7-8H,2-4H2,1H3. The molecule has 0 aliphatic rings. The first-order valence-electron chi connectivity index (χ1n) is 3.21. The summed E-state index contributed by atoms with van der Waals surface area (Å²) in [4.78, 5) is 0. The van der Waals surface area contributed by atoms with E-state index in [1.54, 1.807) is 0 Å². The molecule has 74 valence electrons. The first-order chi connectivity index (χ1) is 5.55. The molecule has 0 radical (unpaired) electrons. The van der Waals surface area contributed by atoms with Gasteiger partial charge in [0.05, 0.1) is 19.3 Å². The molecule has 0 heterocycles. The van der Waals surface area contributed by atoms with Crippen molar-refractivity contribution in [3.05, 3.63) is 0 Å². The summed E-state index contributed by atoms with van der Waals surface area (Å²) in [6.07, 6.45) is 0. The minimum Gasteiger partial charge on any atom is -0.395 e. The number of methoxy groups -OCH3 is 1. The van der Waals surface area contributed by atoms with Crippen molar-refractivity contribution in [3.8, 4) is 0 Å².